The summed E-state index contributed by atoms with van der Waals surface area (Å²) < 4.78 is 21.6. The van der Waals surface area contributed by atoms with Crippen molar-refractivity contribution in [3.63, 3.8) is 0 Å². The fraction of sp³-hybridized carbons (Fsp3) is 0.364. The molecule has 1 fully saturated rings. The maximum atomic E-state index is 13.3. The normalized spacial score (nSPS) is 15.8. The number of ether oxygens (including phenoxy) is 4. The molecule has 0 saturated heterocycles. The van der Waals surface area contributed by atoms with E-state index in [1.165, 1.54) is 17.1 Å². The van der Waals surface area contributed by atoms with E-state index in [1.54, 1.807) is 48.5 Å². The summed E-state index contributed by atoms with van der Waals surface area (Å²) in [5.41, 5.74) is -0.127. The highest BCUT2D eigenvalue weighted by Crippen LogP contribution is 2.41. The highest BCUT2D eigenvalue weighted by molar-refractivity contribution is 6.45. The van der Waals surface area contributed by atoms with Crippen molar-refractivity contribution in [2.45, 2.75) is 57.9 Å². The topological polar surface area (TPSA) is 283 Å². The van der Waals surface area contributed by atoms with Crippen molar-refractivity contribution >= 4 is 51.7 Å². The van der Waals surface area contributed by atoms with Gasteiger partial charge in [-0.3, -0.25) is 19.2 Å². The number of ketones is 1. The van der Waals surface area contributed by atoms with Crippen LogP contribution in [-0.2, 0) is 28.7 Å². The number of hydrazone groups is 1. The molecule has 0 aromatic heterocycles. The van der Waals surface area contributed by atoms with Crippen LogP contribution in [0.15, 0.2) is 58.4 Å². The van der Waals surface area contributed by atoms with E-state index in [0.29, 0.717) is 18.7 Å². The third-order valence-electron chi connectivity index (χ3n) is 10.2. The minimum atomic E-state index is -0.732. The molecule has 1 aliphatic heterocycles. The molecule has 0 radical (unpaired) electrons. The number of hydrogen-bond donors (Lipinski definition) is 2. The fourth-order valence-electron chi connectivity index (χ4n) is 7.07. The van der Waals surface area contributed by atoms with Gasteiger partial charge >= 0.3 is 11.9 Å². The summed E-state index contributed by atoms with van der Waals surface area (Å²) in [4.78, 5) is 53.4. The van der Waals surface area contributed by atoms with E-state index in [0.717, 1.165) is 37.8 Å². The minimum Gasteiger partial charge on any atom is -0.506 e. The third kappa shape index (κ3) is 10.1. The van der Waals surface area contributed by atoms with Crippen LogP contribution >= 0.6 is 0 Å². The van der Waals surface area contributed by atoms with Gasteiger partial charge in [-0.2, -0.15) is 31.4 Å². The van der Waals surface area contributed by atoms with Gasteiger partial charge in [0.25, 0.3) is 5.91 Å². The molecule has 3 aliphatic rings. The quantitative estimate of drug-likeness (QED) is 0.131. The standard InChI is InChI=1S/C44H40N8O10/c1-2-51(30-10-8-27(9-11-30)39-42(56)41(43(39)57)40-34(26-49)50-52(44(40)58)31-6-4-3-5-7-31)14-16-61-37(54)12-13-38(55)62-19-18-60-36-21-32(28(22-45)23-46)35(59-17-15-53)20-33(36)29(24-47)25-48/h8-11,20-21,31,53,56H,2-7,12-19H2,1H3. The van der Waals surface area contributed by atoms with Crippen LogP contribution in [-0.4, -0.2) is 96.7 Å². The third-order valence-corrected chi connectivity index (χ3v) is 10.2. The fourth-order valence-corrected chi connectivity index (χ4v) is 7.07. The van der Waals surface area contributed by atoms with Crippen LogP contribution in [0.2, 0.25) is 0 Å². The summed E-state index contributed by atoms with van der Waals surface area (Å²) in [6, 6.07) is 17.9. The number of Topliss-reactive ketones (excluding diaryl/α,β-unsaturated/α-hetero) is 1. The second-order valence-electron chi connectivity index (χ2n) is 13.8. The Bertz CT molecular complexity index is 2540. The first-order valence-electron chi connectivity index (χ1n) is 19.7. The number of aliphatic hydroxyl groups is 2. The Kier molecular flexibility index (Phi) is 15.5. The Hall–Kier alpha value is -7.98. The summed E-state index contributed by atoms with van der Waals surface area (Å²) in [7, 11) is 0. The maximum absolute atomic E-state index is 13.3. The molecule has 0 unspecified atom stereocenters. The highest BCUT2D eigenvalue weighted by Gasteiger charge is 2.45. The van der Waals surface area contributed by atoms with Gasteiger partial charge in [0.15, 0.2) is 5.71 Å². The van der Waals surface area contributed by atoms with Gasteiger partial charge in [-0.25, -0.2) is 5.01 Å². The smallest absolute Gasteiger partial charge is 0.306 e. The van der Waals surface area contributed by atoms with Crippen molar-refractivity contribution in [2.75, 3.05) is 51.0 Å². The van der Waals surface area contributed by atoms with Crippen molar-refractivity contribution in [2.24, 2.45) is 5.10 Å². The van der Waals surface area contributed by atoms with E-state index in [-0.39, 0.29) is 113 Å². The van der Waals surface area contributed by atoms with E-state index in [1.807, 2.05) is 17.9 Å². The number of aliphatic hydroxyl groups excluding tert-OH is 2. The number of rotatable bonds is 17. The number of nitriles is 5. The summed E-state index contributed by atoms with van der Waals surface area (Å²) in [6.45, 7) is 1.55. The molecule has 62 heavy (non-hydrogen) atoms. The molecule has 2 aromatic rings. The predicted molar refractivity (Wildman–Crippen MR) is 217 cm³/mol. The van der Waals surface area contributed by atoms with E-state index < -0.39 is 23.6 Å². The molecule has 316 valence electrons. The monoisotopic (exact) mass is 840 g/mol. The van der Waals surface area contributed by atoms with Gasteiger partial charge in [0.05, 0.1) is 48.8 Å². The Morgan fingerprint density at radius 3 is 1.87 bits per heavy atom. The molecular weight excluding hydrogens is 801 g/mol. The van der Waals surface area contributed by atoms with Crippen LogP contribution in [0.4, 0.5) is 5.69 Å². The van der Waals surface area contributed by atoms with Crippen LogP contribution < -0.4 is 24.8 Å². The van der Waals surface area contributed by atoms with E-state index in [2.05, 4.69) is 5.10 Å². The van der Waals surface area contributed by atoms with Gasteiger partial charge in [0.2, 0.25) is 5.78 Å². The number of benzene rings is 2. The molecule has 2 N–H and O–H groups in total. The molecule has 2 aliphatic carbocycles. The maximum Gasteiger partial charge on any atom is 0.306 e. The van der Waals surface area contributed by atoms with Crippen molar-refractivity contribution < 1.29 is 48.3 Å². The zero-order valence-electron chi connectivity index (χ0n) is 33.7. The molecule has 1 amide bonds. The molecule has 0 atom stereocenters. The number of carbonyl (C=O) groups is 4. The lowest BCUT2D eigenvalue weighted by atomic mass is 9.80. The lowest BCUT2D eigenvalue weighted by molar-refractivity contribution is -0.150. The first-order chi connectivity index (χ1) is 30.0. The van der Waals surface area contributed by atoms with Gasteiger partial charge in [-0.1, -0.05) is 31.4 Å². The molecule has 1 heterocycles. The first-order valence-corrected chi connectivity index (χ1v) is 19.7. The largest absolute Gasteiger partial charge is 0.506 e. The minimum absolute atomic E-state index is 0.00516. The molecule has 18 nitrogen and oxygen atoms in total. The van der Waals surface area contributed by atoms with Gasteiger partial charge < -0.3 is 34.1 Å². The molecule has 5 rings (SSSR count). The van der Waals surface area contributed by atoms with Crippen molar-refractivity contribution in [3.8, 4) is 41.8 Å². The molecule has 2 aromatic carbocycles. The van der Waals surface area contributed by atoms with Crippen LogP contribution in [0.25, 0.3) is 16.7 Å². The molecular formula is C44H40N8O10. The number of anilines is 1. The molecule has 18 heteroatoms. The number of amides is 1. The second-order valence-corrected chi connectivity index (χ2v) is 13.8. The van der Waals surface area contributed by atoms with Gasteiger partial charge in [-0.05, 0) is 49.6 Å². The van der Waals surface area contributed by atoms with E-state index in [9.17, 15) is 55.7 Å². The van der Waals surface area contributed by atoms with Crippen LogP contribution in [0.3, 0.4) is 0 Å². The van der Waals surface area contributed by atoms with Crippen LogP contribution in [0.5, 0.6) is 11.5 Å². The number of esters is 2. The SMILES string of the molecule is CCN(CCOC(=O)CCC(=O)OCCOc1cc(=C(C#N)C#N)c(OCCO)cc1=C(C#N)C#N)c1ccc(C2=C(O)C(=C3C(=O)N(C4CCCCC4)N=C3C#N)C2=O)cc1. The number of nitrogens with zero attached hydrogens (tertiary/aromatic N) is 8. The number of carbonyl (C=O) groups excluding carboxylic acids is 4. The second kappa shape index (κ2) is 21.3. The number of likely N-dealkylation sites (N-methyl/N-ethyl adjacent to an activating group) is 1. The van der Waals surface area contributed by atoms with Crippen LogP contribution in [0, 0.1) is 56.7 Å². The Labute approximate surface area is 355 Å². The lowest BCUT2D eigenvalue weighted by Gasteiger charge is -2.28. The molecule has 0 spiro atoms. The zero-order valence-corrected chi connectivity index (χ0v) is 33.7. The zero-order chi connectivity index (χ0) is 44.8. The number of hydrogen-bond acceptors (Lipinski definition) is 17. The average Bonchev–Trinajstić information content (AvgIpc) is 3.61. The van der Waals surface area contributed by atoms with Crippen molar-refractivity contribution in [3.05, 3.63) is 69.3 Å². The lowest BCUT2D eigenvalue weighted by Crippen LogP contribution is -2.36. The summed E-state index contributed by atoms with van der Waals surface area (Å²) >= 11 is 0. The van der Waals surface area contributed by atoms with Crippen molar-refractivity contribution in [1.29, 1.82) is 26.3 Å². The number of allylic oxidation sites excluding steroid dienone is 2. The molecule has 1 saturated carbocycles. The first kappa shape index (κ1) is 45.1. The summed E-state index contributed by atoms with van der Waals surface area (Å²) in [5.74, 6) is -2.98. The van der Waals surface area contributed by atoms with E-state index in [4.69, 9.17) is 18.9 Å². The van der Waals surface area contributed by atoms with Gasteiger partial charge in [-0.15, -0.1) is 0 Å². The van der Waals surface area contributed by atoms with E-state index >= 15 is 0 Å². The average molecular weight is 841 g/mol. The van der Waals surface area contributed by atoms with Gasteiger partial charge in [0.1, 0.15) is 85.2 Å². The van der Waals surface area contributed by atoms with Crippen LogP contribution in [0.1, 0.15) is 57.4 Å². The Balaban J connectivity index is 1.10. The predicted octanol–water partition coefficient (Wildman–Crippen LogP) is 2.43. The summed E-state index contributed by atoms with van der Waals surface area (Å²) in [5, 5.41) is 73.1. The highest BCUT2D eigenvalue weighted by atomic mass is 16.6. The Morgan fingerprint density at radius 2 is 1.35 bits per heavy atom. The Morgan fingerprint density at radius 1 is 0.790 bits per heavy atom. The summed E-state index contributed by atoms with van der Waals surface area (Å²) in [6.07, 6.45) is 3.86. The van der Waals surface area contributed by atoms with Crippen molar-refractivity contribution in [1.82, 2.24) is 5.01 Å². The molecule has 0 bridgehead atoms. The van der Waals surface area contributed by atoms with Gasteiger partial charge in [0, 0.05) is 22.7 Å².